The van der Waals surface area contributed by atoms with Gasteiger partial charge in [-0.05, 0) is 54.1 Å². The summed E-state index contributed by atoms with van der Waals surface area (Å²) in [5.41, 5.74) is 2.56. The third kappa shape index (κ3) is 4.23. The van der Waals surface area contributed by atoms with Crippen LogP contribution in [0.2, 0.25) is 0 Å². The van der Waals surface area contributed by atoms with E-state index in [0.717, 1.165) is 16.7 Å². The first-order valence-electron chi connectivity index (χ1n) is 10.2. The van der Waals surface area contributed by atoms with Gasteiger partial charge >= 0.3 is 5.97 Å². The molecule has 156 valence electrons. The van der Waals surface area contributed by atoms with Crippen LogP contribution in [0.5, 0.6) is 11.5 Å². The average molecular weight is 421 g/mol. The largest absolute Gasteiger partial charge is 0.463 e. The van der Waals surface area contributed by atoms with Crippen molar-refractivity contribution in [3.63, 3.8) is 0 Å². The van der Waals surface area contributed by atoms with Crippen molar-refractivity contribution in [2.24, 2.45) is 0 Å². The Morgan fingerprint density at radius 1 is 0.812 bits per heavy atom. The van der Waals surface area contributed by atoms with Crippen LogP contribution in [0.15, 0.2) is 108 Å². The minimum atomic E-state index is -0.425. The molecule has 0 bridgehead atoms. The van der Waals surface area contributed by atoms with E-state index in [1.165, 1.54) is 0 Å². The first-order valence-corrected chi connectivity index (χ1v) is 10.2. The highest BCUT2D eigenvalue weighted by Gasteiger charge is 2.16. The molecule has 0 unspecified atom stereocenters. The van der Waals surface area contributed by atoms with Crippen molar-refractivity contribution in [3.05, 3.63) is 114 Å². The van der Waals surface area contributed by atoms with Gasteiger partial charge in [0, 0.05) is 5.39 Å². The van der Waals surface area contributed by atoms with Crippen LogP contribution in [0.4, 0.5) is 0 Å². The van der Waals surface area contributed by atoms with Crippen molar-refractivity contribution >= 4 is 16.9 Å². The van der Waals surface area contributed by atoms with E-state index in [0.29, 0.717) is 28.3 Å². The SMILES string of the molecule is O=C(OCc1cccc(Oc2ccccc2)c1)c1cc(-c2ccco2)nc2ccccc12. The number of nitrogens with zero attached hydrogens (tertiary/aromatic N) is 1. The maximum absolute atomic E-state index is 13.0. The fourth-order valence-corrected chi connectivity index (χ4v) is 3.44. The Kier molecular flexibility index (Phi) is 5.37. The maximum Gasteiger partial charge on any atom is 0.339 e. The van der Waals surface area contributed by atoms with Crippen LogP contribution in [-0.2, 0) is 11.3 Å². The van der Waals surface area contributed by atoms with Gasteiger partial charge in [0.1, 0.15) is 23.8 Å². The van der Waals surface area contributed by atoms with E-state index in [-0.39, 0.29) is 6.61 Å². The number of para-hydroxylation sites is 2. The molecule has 2 aromatic heterocycles. The molecule has 5 aromatic rings. The zero-order chi connectivity index (χ0) is 21.8. The van der Waals surface area contributed by atoms with Crippen LogP contribution < -0.4 is 4.74 Å². The van der Waals surface area contributed by atoms with E-state index in [9.17, 15) is 4.79 Å². The Balaban J connectivity index is 1.37. The number of hydrogen-bond donors (Lipinski definition) is 0. The molecule has 0 atom stereocenters. The molecule has 0 fully saturated rings. The molecule has 0 aliphatic rings. The van der Waals surface area contributed by atoms with Crippen LogP contribution in [0, 0.1) is 0 Å². The molecule has 0 N–H and O–H groups in total. The van der Waals surface area contributed by atoms with Crippen molar-refractivity contribution in [1.82, 2.24) is 4.98 Å². The summed E-state index contributed by atoms with van der Waals surface area (Å²) in [4.78, 5) is 17.6. The molecule has 0 amide bonds. The number of aromatic nitrogens is 1. The van der Waals surface area contributed by atoms with Gasteiger partial charge < -0.3 is 13.9 Å². The smallest absolute Gasteiger partial charge is 0.339 e. The highest BCUT2D eigenvalue weighted by atomic mass is 16.5. The molecule has 5 nitrogen and oxygen atoms in total. The number of rotatable bonds is 6. The minimum Gasteiger partial charge on any atom is -0.463 e. The molecule has 5 heteroatoms. The Bertz CT molecular complexity index is 1360. The summed E-state index contributed by atoms with van der Waals surface area (Å²) in [6, 6.07) is 29.8. The van der Waals surface area contributed by atoms with Gasteiger partial charge in [-0.2, -0.15) is 0 Å². The molecule has 5 rings (SSSR count). The van der Waals surface area contributed by atoms with Gasteiger partial charge in [-0.3, -0.25) is 0 Å². The molecule has 0 saturated carbocycles. The average Bonchev–Trinajstić information content (AvgIpc) is 3.38. The number of carbonyl (C=O) groups is 1. The lowest BCUT2D eigenvalue weighted by Gasteiger charge is -2.10. The van der Waals surface area contributed by atoms with Gasteiger partial charge in [-0.25, -0.2) is 9.78 Å². The van der Waals surface area contributed by atoms with E-state index in [2.05, 4.69) is 4.98 Å². The molecular formula is C27H19NO4. The van der Waals surface area contributed by atoms with Crippen LogP contribution in [0.25, 0.3) is 22.4 Å². The predicted molar refractivity (Wildman–Crippen MR) is 122 cm³/mol. The number of ether oxygens (including phenoxy) is 2. The molecule has 32 heavy (non-hydrogen) atoms. The van der Waals surface area contributed by atoms with Gasteiger partial charge in [0.05, 0.1) is 17.3 Å². The van der Waals surface area contributed by atoms with Crippen LogP contribution in [-0.4, -0.2) is 11.0 Å². The quantitative estimate of drug-likeness (QED) is 0.288. The number of carbonyl (C=O) groups excluding carboxylic acids is 1. The summed E-state index contributed by atoms with van der Waals surface area (Å²) >= 11 is 0. The first kappa shape index (κ1) is 19.6. The lowest BCUT2D eigenvalue weighted by atomic mass is 10.1. The molecule has 2 heterocycles. The van der Waals surface area contributed by atoms with Crippen LogP contribution in [0.1, 0.15) is 15.9 Å². The lowest BCUT2D eigenvalue weighted by molar-refractivity contribution is 0.0475. The second-order valence-corrected chi connectivity index (χ2v) is 7.19. The third-order valence-corrected chi connectivity index (χ3v) is 4.96. The van der Waals surface area contributed by atoms with E-state index < -0.39 is 5.97 Å². The van der Waals surface area contributed by atoms with Gasteiger partial charge in [0.2, 0.25) is 0 Å². The van der Waals surface area contributed by atoms with Crippen molar-refractivity contribution in [2.75, 3.05) is 0 Å². The minimum absolute atomic E-state index is 0.123. The zero-order valence-corrected chi connectivity index (χ0v) is 17.1. The lowest BCUT2D eigenvalue weighted by Crippen LogP contribution is -2.07. The highest BCUT2D eigenvalue weighted by Crippen LogP contribution is 2.26. The normalized spacial score (nSPS) is 10.8. The Hall–Kier alpha value is -4.38. The fourth-order valence-electron chi connectivity index (χ4n) is 3.44. The molecule has 0 saturated heterocycles. The fraction of sp³-hybridized carbons (Fsp3) is 0.0370. The summed E-state index contributed by atoms with van der Waals surface area (Å²) in [5, 5.41) is 0.731. The number of fused-ring (bicyclic) bond motifs is 1. The molecular weight excluding hydrogens is 402 g/mol. The van der Waals surface area contributed by atoms with E-state index in [1.807, 2.05) is 84.9 Å². The molecule has 0 aliphatic carbocycles. The number of benzene rings is 3. The third-order valence-electron chi connectivity index (χ3n) is 4.96. The summed E-state index contributed by atoms with van der Waals surface area (Å²) in [7, 11) is 0. The number of esters is 1. The summed E-state index contributed by atoms with van der Waals surface area (Å²) in [6.45, 7) is 0.123. The standard InChI is InChI=1S/C27H19NO4/c29-27(31-18-19-8-6-11-21(16-19)32-20-9-2-1-3-10-20)23-17-25(26-14-7-15-30-26)28-24-13-5-4-12-22(23)24/h1-17H,18H2. The number of furan rings is 1. The zero-order valence-electron chi connectivity index (χ0n) is 17.1. The summed E-state index contributed by atoms with van der Waals surface area (Å²) in [5.74, 6) is 1.59. The Labute approximate surface area is 184 Å². The van der Waals surface area contributed by atoms with Gasteiger partial charge in [-0.1, -0.05) is 48.5 Å². The Morgan fingerprint density at radius 2 is 1.62 bits per heavy atom. The van der Waals surface area contributed by atoms with E-state index >= 15 is 0 Å². The van der Waals surface area contributed by atoms with Crippen LogP contribution >= 0.6 is 0 Å². The van der Waals surface area contributed by atoms with Gasteiger partial charge in [0.15, 0.2) is 5.76 Å². The second-order valence-electron chi connectivity index (χ2n) is 7.19. The molecule has 0 aliphatic heterocycles. The van der Waals surface area contributed by atoms with Crippen LogP contribution in [0.3, 0.4) is 0 Å². The van der Waals surface area contributed by atoms with Crippen molar-refractivity contribution in [1.29, 1.82) is 0 Å². The van der Waals surface area contributed by atoms with E-state index in [1.54, 1.807) is 18.4 Å². The second kappa shape index (κ2) is 8.78. The van der Waals surface area contributed by atoms with Gasteiger partial charge in [-0.15, -0.1) is 0 Å². The molecule has 3 aromatic carbocycles. The predicted octanol–water partition coefficient (Wildman–Crippen LogP) is 6.64. The molecule has 0 spiro atoms. The van der Waals surface area contributed by atoms with Crippen molar-refractivity contribution < 1.29 is 18.7 Å². The van der Waals surface area contributed by atoms with Crippen molar-refractivity contribution in [3.8, 4) is 23.0 Å². The number of hydrogen-bond acceptors (Lipinski definition) is 5. The summed E-state index contributed by atoms with van der Waals surface area (Å²) in [6.07, 6.45) is 1.58. The first-order chi connectivity index (χ1) is 15.8. The number of pyridine rings is 1. The monoisotopic (exact) mass is 421 g/mol. The van der Waals surface area contributed by atoms with Gasteiger partial charge in [0.25, 0.3) is 0 Å². The van der Waals surface area contributed by atoms with E-state index in [4.69, 9.17) is 13.9 Å². The Morgan fingerprint density at radius 3 is 2.47 bits per heavy atom. The van der Waals surface area contributed by atoms with Crippen molar-refractivity contribution in [2.45, 2.75) is 6.61 Å². The maximum atomic E-state index is 13.0. The summed E-state index contributed by atoms with van der Waals surface area (Å²) < 4.78 is 17.0. The topological polar surface area (TPSA) is 61.6 Å². The molecule has 0 radical (unpaired) electrons. The highest BCUT2D eigenvalue weighted by molar-refractivity contribution is 6.04.